The summed E-state index contributed by atoms with van der Waals surface area (Å²) >= 11 is 0. The van der Waals surface area contributed by atoms with E-state index in [2.05, 4.69) is 9.97 Å². The van der Waals surface area contributed by atoms with Crippen LogP contribution in [0.5, 0.6) is 5.88 Å². The maximum atomic E-state index is 14.1. The van der Waals surface area contributed by atoms with Crippen molar-refractivity contribution in [1.29, 1.82) is 0 Å². The number of benzene rings is 2. The van der Waals surface area contributed by atoms with Crippen molar-refractivity contribution in [3.8, 4) is 17.0 Å². The maximum Gasteiger partial charge on any atom is 0.261 e. The molecule has 0 spiro atoms. The fourth-order valence-electron chi connectivity index (χ4n) is 4.80. The molecule has 0 saturated heterocycles. The molecule has 198 valence electrons. The summed E-state index contributed by atoms with van der Waals surface area (Å²) in [5.74, 6) is -2.01. The Balaban J connectivity index is 1.82. The van der Waals surface area contributed by atoms with E-state index in [1.54, 1.807) is 19.1 Å². The molecular formula is C30H30F3N3O2. The highest BCUT2D eigenvalue weighted by Crippen LogP contribution is 2.28. The van der Waals surface area contributed by atoms with Crippen LogP contribution in [0.25, 0.3) is 11.1 Å². The van der Waals surface area contributed by atoms with Gasteiger partial charge in [0.1, 0.15) is 17.5 Å². The van der Waals surface area contributed by atoms with Crippen molar-refractivity contribution in [1.82, 2.24) is 14.5 Å². The van der Waals surface area contributed by atoms with E-state index >= 15 is 0 Å². The third kappa shape index (κ3) is 5.64. The highest BCUT2D eigenvalue weighted by Gasteiger charge is 2.24. The zero-order valence-electron chi connectivity index (χ0n) is 21.6. The molecule has 0 aliphatic carbocycles. The van der Waals surface area contributed by atoms with E-state index in [0.29, 0.717) is 40.9 Å². The standard InChI is InChI=1S/C30H30F3N3O2/c1-4-6-10-27-35-29(37)25(30(38)36(27)26(5-2)21-15-22(31)17-23(32)16-21)14-19-8-7-9-20(13-19)24-11-12-34-28(33)18(24)3/h7-9,11-13,15-17,26,37H,4-6,10,14H2,1-3H3. The van der Waals surface area contributed by atoms with Crippen LogP contribution in [0, 0.1) is 24.5 Å². The first-order valence-corrected chi connectivity index (χ1v) is 12.7. The minimum atomic E-state index is -0.728. The summed E-state index contributed by atoms with van der Waals surface area (Å²) in [7, 11) is 0. The van der Waals surface area contributed by atoms with Gasteiger partial charge in [-0.05, 0) is 60.2 Å². The highest BCUT2D eigenvalue weighted by molar-refractivity contribution is 5.67. The Morgan fingerprint density at radius 1 is 1.03 bits per heavy atom. The molecule has 0 radical (unpaired) electrons. The van der Waals surface area contributed by atoms with Crippen molar-refractivity contribution in [3.05, 3.63) is 111 Å². The first-order valence-electron chi connectivity index (χ1n) is 12.7. The van der Waals surface area contributed by atoms with Crippen LogP contribution >= 0.6 is 0 Å². The van der Waals surface area contributed by atoms with Gasteiger partial charge in [0.25, 0.3) is 5.56 Å². The topological polar surface area (TPSA) is 68.0 Å². The minimum absolute atomic E-state index is 0.0696. The summed E-state index contributed by atoms with van der Waals surface area (Å²) in [4.78, 5) is 22.0. The molecule has 2 heterocycles. The zero-order chi connectivity index (χ0) is 27.4. The Labute approximate surface area is 219 Å². The zero-order valence-corrected chi connectivity index (χ0v) is 21.6. The largest absolute Gasteiger partial charge is 0.493 e. The van der Waals surface area contributed by atoms with Crippen molar-refractivity contribution in [2.45, 2.75) is 58.9 Å². The molecule has 1 atom stereocenters. The minimum Gasteiger partial charge on any atom is -0.493 e. The van der Waals surface area contributed by atoms with E-state index in [0.717, 1.165) is 24.5 Å². The van der Waals surface area contributed by atoms with Crippen molar-refractivity contribution in [2.75, 3.05) is 0 Å². The third-order valence-electron chi connectivity index (χ3n) is 6.74. The normalized spacial score (nSPS) is 12.1. The van der Waals surface area contributed by atoms with Gasteiger partial charge < -0.3 is 5.11 Å². The van der Waals surface area contributed by atoms with Crippen LogP contribution in [0.15, 0.2) is 59.5 Å². The van der Waals surface area contributed by atoms with Crippen LogP contribution in [-0.4, -0.2) is 19.6 Å². The molecule has 5 nitrogen and oxygen atoms in total. The molecule has 0 amide bonds. The molecular weight excluding hydrogens is 491 g/mol. The first-order chi connectivity index (χ1) is 18.2. The Hall–Kier alpha value is -3.94. The average Bonchev–Trinajstić information content (AvgIpc) is 2.88. The van der Waals surface area contributed by atoms with Crippen LogP contribution in [0.4, 0.5) is 13.2 Å². The molecule has 0 fully saturated rings. The first kappa shape index (κ1) is 27.1. The number of halogens is 3. The number of aromatic nitrogens is 3. The van der Waals surface area contributed by atoms with Crippen LogP contribution in [0.3, 0.4) is 0 Å². The Bertz CT molecular complexity index is 1500. The predicted molar refractivity (Wildman–Crippen MR) is 141 cm³/mol. The number of hydrogen-bond donors (Lipinski definition) is 1. The van der Waals surface area contributed by atoms with Gasteiger partial charge in [0.15, 0.2) is 0 Å². The third-order valence-corrected chi connectivity index (χ3v) is 6.74. The van der Waals surface area contributed by atoms with Gasteiger partial charge in [-0.1, -0.05) is 44.5 Å². The summed E-state index contributed by atoms with van der Waals surface area (Å²) in [5, 5.41) is 10.8. The SMILES string of the molecule is CCCCc1nc(O)c(Cc2cccc(-c3ccnc(F)c3C)c2)c(=O)n1C(CC)c1cc(F)cc(F)c1. The van der Waals surface area contributed by atoms with E-state index in [4.69, 9.17) is 0 Å². The quantitative estimate of drug-likeness (QED) is 0.250. The molecule has 0 bridgehead atoms. The average molecular weight is 522 g/mol. The van der Waals surface area contributed by atoms with Gasteiger partial charge in [-0.15, -0.1) is 0 Å². The summed E-state index contributed by atoms with van der Waals surface area (Å²) in [6.07, 6.45) is 3.84. The fourth-order valence-corrected chi connectivity index (χ4v) is 4.80. The van der Waals surface area contributed by atoms with E-state index in [1.807, 2.05) is 32.0 Å². The number of unbranched alkanes of at least 4 members (excludes halogenated alkanes) is 1. The summed E-state index contributed by atoms with van der Waals surface area (Å²) in [6.45, 7) is 5.48. The second-order valence-corrected chi connectivity index (χ2v) is 9.39. The van der Waals surface area contributed by atoms with Crippen LogP contribution < -0.4 is 5.56 Å². The lowest BCUT2D eigenvalue weighted by Crippen LogP contribution is -2.32. The number of aryl methyl sites for hydroxylation is 1. The van der Waals surface area contributed by atoms with Crippen LogP contribution in [0.1, 0.15) is 67.2 Å². The van der Waals surface area contributed by atoms with Crippen LogP contribution in [-0.2, 0) is 12.8 Å². The Kier molecular flexibility index (Phi) is 8.29. The molecule has 38 heavy (non-hydrogen) atoms. The molecule has 4 rings (SSSR count). The number of nitrogens with zero attached hydrogens (tertiary/aromatic N) is 3. The molecule has 8 heteroatoms. The molecule has 1 N–H and O–H groups in total. The van der Waals surface area contributed by atoms with E-state index < -0.39 is 29.2 Å². The van der Waals surface area contributed by atoms with Gasteiger partial charge in [-0.3, -0.25) is 9.36 Å². The second-order valence-electron chi connectivity index (χ2n) is 9.39. The van der Waals surface area contributed by atoms with Gasteiger partial charge in [0, 0.05) is 30.7 Å². The number of aromatic hydroxyl groups is 1. The molecule has 4 aromatic rings. The van der Waals surface area contributed by atoms with Gasteiger partial charge in [0.05, 0.1) is 11.6 Å². The Morgan fingerprint density at radius 2 is 1.76 bits per heavy atom. The number of rotatable bonds is 9. The molecule has 0 aliphatic rings. The molecule has 2 aromatic heterocycles. The summed E-state index contributed by atoms with van der Waals surface area (Å²) in [5.41, 5.74) is 2.48. The van der Waals surface area contributed by atoms with Gasteiger partial charge in [-0.25, -0.2) is 13.8 Å². The highest BCUT2D eigenvalue weighted by atomic mass is 19.1. The predicted octanol–water partition coefficient (Wildman–Crippen LogP) is 6.67. The van der Waals surface area contributed by atoms with Gasteiger partial charge >= 0.3 is 0 Å². The van der Waals surface area contributed by atoms with Crippen molar-refractivity contribution < 1.29 is 18.3 Å². The van der Waals surface area contributed by atoms with Crippen molar-refractivity contribution >= 4 is 0 Å². The van der Waals surface area contributed by atoms with E-state index in [9.17, 15) is 23.1 Å². The van der Waals surface area contributed by atoms with Crippen molar-refractivity contribution in [2.24, 2.45) is 0 Å². The number of pyridine rings is 1. The Morgan fingerprint density at radius 3 is 2.45 bits per heavy atom. The molecule has 0 saturated carbocycles. The smallest absolute Gasteiger partial charge is 0.261 e. The number of hydrogen-bond acceptors (Lipinski definition) is 4. The van der Waals surface area contributed by atoms with Crippen molar-refractivity contribution in [3.63, 3.8) is 0 Å². The van der Waals surface area contributed by atoms with Crippen LogP contribution in [0.2, 0.25) is 0 Å². The lowest BCUT2D eigenvalue weighted by Gasteiger charge is -2.23. The molecule has 1 unspecified atom stereocenters. The fraction of sp³-hybridized carbons (Fsp3) is 0.300. The monoisotopic (exact) mass is 521 g/mol. The van der Waals surface area contributed by atoms with Gasteiger partial charge in [-0.2, -0.15) is 9.37 Å². The van der Waals surface area contributed by atoms with E-state index in [1.165, 1.54) is 22.9 Å². The maximum absolute atomic E-state index is 14.1. The lowest BCUT2D eigenvalue weighted by atomic mass is 9.97. The molecule has 2 aromatic carbocycles. The summed E-state index contributed by atoms with van der Waals surface area (Å²) in [6, 6.07) is 11.6. The summed E-state index contributed by atoms with van der Waals surface area (Å²) < 4.78 is 43.7. The molecule has 0 aliphatic heterocycles. The lowest BCUT2D eigenvalue weighted by molar-refractivity contribution is 0.419. The van der Waals surface area contributed by atoms with E-state index in [-0.39, 0.29) is 17.9 Å². The van der Waals surface area contributed by atoms with Gasteiger partial charge in [0.2, 0.25) is 11.8 Å². The second kappa shape index (κ2) is 11.6.